The van der Waals surface area contributed by atoms with Gasteiger partial charge in [-0.05, 0) is 18.9 Å². The molecule has 8 nitrogen and oxygen atoms in total. The highest BCUT2D eigenvalue weighted by Crippen LogP contribution is 2.24. The first-order valence-electron chi connectivity index (χ1n) is 6.13. The molecule has 0 unspecified atom stereocenters. The van der Waals surface area contributed by atoms with Gasteiger partial charge in [-0.15, -0.1) is 0 Å². The third kappa shape index (κ3) is 3.70. The van der Waals surface area contributed by atoms with Crippen LogP contribution in [0, 0.1) is 0 Å². The summed E-state index contributed by atoms with van der Waals surface area (Å²) in [5.74, 6) is 0.428. The molecule has 20 heavy (non-hydrogen) atoms. The van der Waals surface area contributed by atoms with Crippen molar-refractivity contribution >= 4 is 25.7 Å². The van der Waals surface area contributed by atoms with Gasteiger partial charge in [-0.2, -0.15) is 5.10 Å². The van der Waals surface area contributed by atoms with E-state index >= 15 is 0 Å². The molecule has 1 aliphatic rings. The normalized spacial score (nSPS) is 19.2. The lowest BCUT2D eigenvalue weighted by molar-refractivity contribution is 0.262. The molecule has 0 aromatic carbocycles. The summed E-state index contributed by atoms with van der Waals surface area (Å²) in [7, 11) is -7.31. The largest absolute Gasteiger partial charge is 0.382 e. The second kappa shape index (κ2) is 5.34. The number of sulfone groups is 1. The molecule has 0 spiro atoms. The van der Waals surface area contributed by atoms with Crippen molar-refractivity contribution in [2.75, 3.05) is 30.2 Å². The van der Waals surface area contributed by atoms with Crippen molar-refractivity contribution in [3.63, 3.8) is 0 Å². The molecule has 0 radical (unpaired) electrons. The number of sulfonamides is 1. The number of nitrogens with zero attached hydrogens (tertiary/aromatic N) is 3. The van der Waals surface area contributed by atoms with Gasteiger partial charge in [-0.1, -0.05) is 0 Å². The molecule has 0 saturated carbocycles. The number of aromatic nitrogens is 2. The van der Waals surface area contributed by atoms with Crippen LogP contribution >= 0.6 is 0 Å². The summed E-state index contributed by atoms with van der Waals surface area (Å²) >= 11 is 0. The number of rotatable bonds is 4. The molecule has 1 saturated heterocycles. The van der Waals surface area contributed by atoms with Crippen LogP contribution in [0.15, 0.2) is 12.3 Å². The standard InChI is InChI=1S/C10H18N4O4S2/c1-19(15,16)8-20(17,18)13-5-2-9(3-6-13)14-7-4-10(11)12-14/h4,7,9H,2-3,5-6,8H2,1H3,(H2,11,12). The molecule has 0 bridgehead atoms. The number of anilines is 1. The van der Waals surface area contributed by atoms with Crippen LogP contribution in [0.25, 0.3) is 0 Å². The van der Waals surface area contributed by atoms with Gasteiger partial charge in [-0.3, -0.25) is 4.68 Å². The van der Waals surface area contributed by atoms with E-state index in [4.69, 9.17) is 5.73 Å². The number of nitrogen functional groups attached to an aromatic ring is 1. The highest BCUT2D eigenvalue weighted by molar-refractivity contribution is 8.06. The smallest absolute Gasteiger partial charge is 0.228 e. The monoisotopic (exact) mass is 322 g/mol. The van der Waals surface area contributed by atoms with Crippen LogP contribution in [0.3, 0.4) is 0 Å². The first-order chi connectivity index (χ1) is 9.17. The predicted molar refractivity (Wildman–Crippen MR) is 75.1 cm³/mol. The molecule has 1 fully saturated rings. The Bertz CT molecular complexity index is 672. The fourth-order valence-electron chi connectivity index (χ4n) is 2.29. The maximum Gasteiger partial charge on any atom is 0.228 e. The Hall–Kier alpha value is -1.13. The van der Waals surface area contributed by atoms with E-state index in [1.54, 1.807) is 16.9 Å². The van der Waals surface area contributed by atoms with Gasteiger partial charge in [0.25, 0.3) is 0 Å². The molecular formula is C10H18N4O4S2. The van der Waals surface area contributed by atoms with Crippen molar-refractivity contribution in [2.24, 2.45) is 0 Å². The summed E-state index contributed by atoms with van der Waals surface area (Å²) < 4.78 is 49.2. The first-order valence-corrected chi connectivity index (χ1v) is 9.80. The van der Waals surface area contributed by atoms with Crippen molar-refractivity contribution < 1.29 is 16.8 Å². The van der Waals surface area contributed by atoms with Crippen molar-refractivity contribution in [3.8, 4) is 0 Å². The van der Waals surface area contributed by atoms with E-state index in [0.29, 0.717) is 31.7 Å². The van der Waals surface area contributed by atoms with Gasteiger partial charge in [0.1, 0.15) is 5.82 Å². The van der Waals surface area contributed by atoms with E-state index in [1.807, 2.05) is 0 Å². The van der Waals surface area contributed by atoms with Crippen LogP contribution in [-0.4, -0.2) is 55.4 Å². The summed E-state index contributed by atoms with van der Waals surface area (Å²) in [6, 6.07) is 1.78. The number of hydrogen-bond acceptors (Lipinski definition) is 6. The number of piperidine rings is 1. The van der Waals surface area contributed by atoms with Gasteiger partial charge >= 0.3 is 0 Å². The minimum absolute atomic E-state index is 0.0944. The lowest BCUT2D eigenvalue weighted by atomic mass is 10.1. The Morgan fingerprint density at radius 3 is 2.35 bits per heavy atom. The van der Waals surface area contributed by atoms with E-state index in [9.17, 15) is 16.8 Å². The zero-order valence-corrected chi connectivity index (χ0v) is 12.8. The van der Waals surface area contributed by atoms with Crippen LogP contribution in [0.2, 0.25) is 0 Å². The molecule has 2 rings (SSSR count). The minimum Gasteiger partial charge on any atom is -0.382 e. The van der Waals surface area contributed by atoms with Gasteiger partial charge in [0, 0.05) is 25.5 Å². The average molecular weight is 322 g/mol. The Kier molecular flexibility index (Phi) is 4.07. The van der Waals surface area contributed by atoms with Crippen molar-refractivity contribution in [3.05, 3.63) is 12.3 Å². The van der Waals surface area contributed by atoms with Crippen LogP contribution in [0.1, 0.15) is 18.9 Å². The second-order valence-electron chi connectivity index (χ2n) is 5.01. The van der Waals surface area contributed by atoms with E-state index in [0.717, 1.165) is 6.26 Å². The molecule has 10 heteroatoms. The Morgan fingerprint density at radius 2 is 1.90 bits per heavy atom. The maximum absolute atomic E-state index is 12.0. The number of hydrogen-bond donors (Lipinski definition) is 1. The van der Waals surface area contributed by atoms with Gasteiger partial charge in [-0.25, -0.2) is 21.1 Å². The van der Waals surface area contributed by atoms with Gasteiger partial charge < -0.3 is 5.73 Å². The molecule has 2 heterocycles. The fourth-order valence-corrected chi connectivity index (χ4v) is 5.81. The summed E-state index contributed by atoms with van der Waals surface area (Å²) in [5, 5.41) is 3.28. The maximum atomic E-state index is 12.0. The summed E-state index contributed by atoms with van der Waals surface area (Å²) in [6.45, 7) is 0.588. The Labute approximate surface area is 118 Å². The van der Waals surface area contributed by atoms with Crippen LogP contribution in [0.5, 0.6) is 0 Å². The topological polar surface area (TPSA) is 115 Å². The molecule has 1 aromatic heterocycles. The predicted octanol–water partition coefficient (Wildman–Crippen LogP) is -0.566. The number of nitrogens with two attached hydrogens (primary N) is 1. The molecule has 0 aliphatic carbocycles. The summed E-state index contributed by atoms with van der Waals surface area (Å²) in [4.78, 5) is 0. The molecular weight excluding hydrogens is 304 g/mol. The molecule has 0 amide bonds. The third-order valence-electron chi connectivity index (χ3n) is 3.18. The van der Waals surface area contributed by atoms with Crippen molar-refractivity contribution in [2.45, 2.75) is 18.9 Å². The Balaban J connectivity index is 2.01. The zero-order chi connectivity index (χ0) is 15.0. The third-order valence-corrected chi connectivity index (χ3v) is 7.24. The lowest BCUT2D eigenvalue weighted by Gasteiger charge is -2.31. The van der Waals surface area contributed by atoms with E-state index in [1.165, 1.54) is 4.31 Å². The first kappa shape index (κ1) is 15.3. The van der Waals surface area contributed by atoms with Crippen LogP contribution in [0.4, 0.5) is 5.82 Å². The SMILES string of the molecule is CS(=O)(=O)CS(=O)(=O)N1CCC(n2ccc(N)n2)CC1. The fraction of sp³-hybridized carbons (Fsp3) is 0.700. The van der Waals surface area contributed by atoms with Gasteiger partial charge in [0.05, 0.1) is 6.04 Å². The second-order valence-corrected chi connectivity index (χ2v) is 9.48. The minimum atomic E-state index is -3.75. The highest BCUT2D eigenvalue weighted by Gasteiger charge is 2.31. The highest BCUT2D eigenvalue weighted by atomic mass is 32.3. The van der Waals surface area contributed by atoms with Crippen molar-refractivity contribution in [1.29, 1.82) is 0 Å². The van der Waals surface area contributed by atoms with E-state index in [2.05, 4.69) is 5.10 Å². The summed E-state index contributed by atoms with van der Waals surface area (Å²) in [6.07, 6.45) is 3.86. The van der Waals surface area contributed by atoms with Crippen LogP contribution in [-0.2, 0) is 19.9 Å². The quantitative estimate of drug-likeness (QED) is 0.794. The Morgan fingerprint density at radius 1 is 1.30 bits per heavy atom. The molecule has 1 aromatic rings. The molecule has 2 N–H and O–H groups in total. The lowest BCUT2D eigenvalue weighted by Crippen LogP contribution is -2.41. The van der Waals surface area contributed by atoms with Crippen molar-refractivity contribution in [1.82, 2.24) is 14.1 Å². The van der Waals surface area contributed by atoms with E-state index < -0.39 is 24.9 Å². The molecule has 0 atom stereocenters. The van der Waals surface area contributed by atoms with Gasteiger partial charge in [0.2, 0.25) is 10.0 Å². The molecule has 1 aliphatic heterocycles. The summed E-state index contributed by atoms with van der Waals surface area (Å²) in [5.41, 5.74) is 5.55. The van der Waals surface area contributed by atoms with Crippen LogP contribution < -0.4 is 5.73 Å². The van der Waals surface area contributed by atoms with Gasteiger partial charge in [0.15, 0.2) is 14.9 Å². The molecule has 114 valence electrons. The zero-order valence-electron chi connectivity index (χ0n) is 11.1. The van der Waals surface area contributed by atoms with E-state index in [-0.39, 0.29) is 6.04 Å². The average Bonchev–Trinajstić information content (AvgIpc) is 2.73.